The minimum Gasteiger partial charge on any atom is -0.395 e. The van der Waals surface area contributed by atoms with Crippen LogP contribution in [0.2, 0.25) is 0 Å². The molecule has 1 atom stereocenters. The molecule has 3 heteroatoms. The topological polar surface area (TPSA) is 26.7 Å². The lowest BCUT2D eigenvalue weighted by Gasteiger charge is -2.44. The van der Waals surface area contributed by atoms with E-state index in [1.54, 1.807) is 0 Å². The fourth-order valence-electron chi connectivity index (χ4n) is 2.20. The molecule has 0 aromatic heterocycles. The van der Waals surface area contributed by atoms with Crippen molar-refractivity contribution in [3.63, 3.8) is 0 Å². The summed E-state index contributed by atoms with van der Waals surface area (Å²) in [6.07, 6.45) is 0. The Bertz CT molecular complexity index is 171. The van der Waals surface area contributed by atoms with E-state index in [0.29, 0.717) is 18.1 Å². The van der Waals surface area contributed by atoms with Crippen molar-refractivity contribution in [2.75, 3.05) is 26.2 Å². The number of nitrogens with zero attached hydrogens (tertiary/aromatic N) is 2. The van der Waals surface area contributed by atoms with Crippen LogP contribution in [0.1, 0.15) is 27.7 Å². The van der Waals surface area contributed by atoms with Crippen molar-refractivity contribution < 1.29 is 5.11 Å². The quantitative estimate of drug-likeness (QED) is 0.729. The summed E-state index contributed by atoms with van der Waals surface area (Å²) in [5, 5.41) is 9.34. The second-order valence-corrected chi connectivity index (χ2v) is 4.76. The molecule has 0 aromatic rings. The minimum absolute atomic E-state index is 0.279. The van der Waals surface area contributed by atoms with E-state index in [1.165, 1.54) is 0 Å². The van der Waals surface area contributed by atoms with Gasteiger partial charge in [0.15, 0.2) is 0 Å². The lowest BCUT2D eigenvalue weighted by atomic mass is 10.1. The van der Waals surface area contributed by atoms with Gasteiger partial charge in [0.25, 0.3) is 0 Å². The molecule has 0 radical (unpaired) electrons. The van der Waals surface area contributed by atoms with Gasteiger partial charge in [0, 0.05) is 37.8 Å². The van der Waals surface area contributed by atoms with Gasteiger partial charge in [0.1, 0.15) is 0 Å². The van der Waals surface area contributed by atoms with Gasteiger partial charge in [0.2, 0.25) is 0 Å². The van der Waals surface area contributed by atoms with Crippen molar-refractivity contribution in [3.8, 4) is 0 Å². The van der Waals surface area contributed by atoms with Crippen LogP contribution in [0.25, 0.3) is 0 Å². The third-order valence-electron chi connectivity index (χ3n) is 3.16. The van der Waals surface area contributed by atoms with Gasteiger partial charge in [0.05, 0.1) is 6.61 Å². The molecule has 3 nitrogen and oxygen atoms in total. The Labute approximate surface area is 87.7 Å². The van der Waals surface area contributed by atoms with Crippen molar-refractivity contribution in [3.05, 3.63) is 0 Å². The number of rotatable bonds is 3. The molecule has 84 valence electrons. The van der Waals surface area contributed by atoms with Gasteiger partial charge in [-0.2, -0.15) is 0 Å². The number of piperazine rings is 1. The Kier molecular flexibility index (Phi) is 4.35. The number of aliphatic hydroxyl groups is 1. The number of aliphatic hydroxyl groups excluding tert-OH is 1. The van der Waals surface area contributed by atoms with E-state index in [0.717, 1.165) is 19.6 Å². The van der Waals surface area contributed by atoms with Gasteiger partial charge in [-0.3, -0.25) is 9.80 Å². The minimum atomic E-state index is 0.279. The van der Waals surface area contributed by atoms with Crippen LogP contribution in [0.15, 0.2) is 0 Å². The summed E-state index contributed by atoms with van der Waals surface area (Å²) in [7, 11) is 0. The van der Waals surface area contributed by atoms with Gasteiger partial charge in [-0.15, -0.1) is 0 Å². The first kappa shape index (κ1) is 12.0. The first-order valence-corrected chi connectivity index (χ1v) is 5.67. The van der Waals surface area contributed by atoms with Gasteiger partial charge in [-0.25, -0.2) is 0 Å². The fraction of sp³-hybridized carbons (Fsp3) is 1.00. The van der Waals surface area contributed by atoms with Crippen molar-refractivity contribution in [1.29, 1.82) is 0 Å². The summed E-state index contributed by atoms with van der Waals surface area (Å²) in [5.74, 6) is 0. The van der Waals surface area contributed by atoms with Crippen LogP contribution in [0, 0.1) is 0 Å². The van der Waals surface area contributed by atoms with Crippen molar-refractivity contribution in [2.45, 2.75) is 45.8 Å². The van der Waals surface area contributed by atoms with Crippen LogP contribution in [0.3, 0.4) is 0 Å². The summed E-state index contributed by atoms with van der Waals surface area (Å²) in [4.78, 5) is 4.85. The van der Waals surface area contributed by atoms with Crippen LogP contribution in [0.5, 0.6) is 0 Å². The highest BCUT2D eigenvalue weighted by atomic mass is 16.3. The molecule has 0 bridgehead atoms. The van der Waals surface area contributed by atoms with Crippen LogP contribution in [-0.4, -0.2) is 59.3 Å². The standard InChI is InChI=1S/C11H24N2O/c1-9(2)12-5-6-13(10(3)4)11(7-12)8-14/h9-11,14H,5-8H2,1-4H3/t11-/m0/s1. The SMILES string of the molecule is CC(C)N1CCN(C(C)C)[C@H](CO)C1. The molecule has 0 saturated carbocycles. The Morgan fingerprint density at radius 1 is 1.14 bits per heavy atom. The third kappa shape index (κ3) is 2.69. The summed E-state index contributed by atoms with van der Waals surface area (Å²) < 4.78 is 0. The fourth-order valence-corrected chi connectivity index (χ4v) is 2.20. The van der Waals surface area contributed by atoms with Crippen molar-refractivity contribution in [1.82, 2.24) is 9.80 Å². The van der Waals surface area contributed by atoms with Crippen LogP contribution >= 0.6 is 0 Å². The molecular formula is C11H24N2O. The maximum Gasteiger partial charge on any atom is 0.0599 e. The van der Waals surface area contributed by atoms with Crippen LogP contribution in [0.4, 0.5) is 0 Å². The molecule has 1 aliphatic rings. The molecule has 14 heavy (non-hydrogen) atoms. The molecule has 1 rings (SSSR count). The highest BCUT2D eigenvalue weighted by molar-refractivity contribution is 4.84. The van der Waals surface area contributed by atoms with E-state index < -0.39 is 0 Å². The van der Waals surface area contributed by atoms with Gasteiger partial charge in [-0.05, 0) is 27.7 Å². The molecule has 1 aliphatic heterocycles. The molecule has 1 N–H and O–H groups in total. The maximum atomic E-state index is 9.34. The largest absolute Gasteiger partial charge is 0.395 e. The zero-order valence-electron chi connectivity index (χ0n) is 9.90. The first-order chi connectivity index (χ1) is 6.56. The zero-order valence-corrected chi connectivity index (χ0v) is 9.90. The number of hydrogen-bond donors (Lipinski definition) is 1. The van der Waals surface area contributed by atoms with E-state index in [9.17, 15) is 5.11 Å². The lowest BCUT2D eigenvalue weighted by molar-refractivity contribution is 0.00956. The van der Waals surface area contributed by atoms with Gasteiger partial charge < -0.3 is 5.11 Å². The molecule has 0 spiro atoms. The Morgan fingerprint density at radius 3 is 2.21 bits per heavy atom. The second-order valence-electron chi connectivity index (χ2n) is 4.76. The monoisotopic (exact) mass is 200 g/mol. The summed E-state index contributed by atoms with van der Waals surface area (Å²) in [5.41, 5.74) is 0. The van der Waals surface area contributed by atoms with Crippen molar-refractivity contribution in [2.24, 2.45) is 0 Å². The molecule has 1 saturated heterocycles. The Morgan fingerprint density at radius 2 is 1.79 bits per heavy atom. The predicted molar refractivity (Wildman–Crippen MR) is 59.4 cm³/mol. The summed E-state index contributed by atoms with van der Waals surface area (Å²) >= 11 is 0. The molecule has 1 heterocycles. The molecular weight excluding hydrogens is 176 g/mol. The van der Waals surface area contributed by atoms with E-state index in [1.807, 2.05) is 0 Å². The van der Waals surface area contributed by atoms with Crippen LogP contribution < -0.4 is 0 Å². The molecule has 0 amide bonds. The molecule has 0 aromatic carbocycles. The van der Waals surface area contributed by atoms with Crippen LogP contribution in [-0.2, 0) is 0 Å². The van der Waals surface area contributed by atoms with E-state index in [-0.39, 0.29) is 6.61 Å². The summed E-state index contributed by atoms with van der Waals surface area (Å²) in [6, 6.07) is 1.46. The Hall–Kier alpha value is -0.120. The molecule has 0 aliphatic carbocycles. The predicted octanol–water partition coefficient (Wildman–Crippen LogP) is 0.782. The smallest absolute Gasteiger partial charge is 0.0599 e. The molecule has 0 unspecified atom stereocenters. The van der Waals surface area contributed by atoms with Crippen molar-refractivity contribution >= 4 is 0 Å². The molecule has 1 fully saturated rings. The van der Waals surface area contributed by atoms with E-state index in [2.05, 4.69) is 37.5 Å². The van der Waals surface area contributed by atoms with Gasteiger partial charge in [-0.1, -0.05) is 0 Å². The highest BCUT2D eigenvalue weighted by Gasteiger charge is 2.28. The Balaban J connectivity index is 2.54. The average molecular weight is 200 g/mol. The zero-order chi connectivity index (χ0) is 10.7. The summed E-state index contributed by atoms with van der Waals surface area (Å²) in [6.45, 7) is 12.3. The first-order valence-electron chi connectivity index (χ1n) is 5.67. The van der Waals surface area contributed by atoms with E-state index >= 15 is 0 Å². The van der Waals surface area contributed by atoms with E-state index in [4.69, 9.17) is 0 Å². The average Bonchev–Trinajstić information content (AvgIpc) is 2.16. The highest BCUT2D eigenvalue weighted by Crippen LogP contribution is 2.14. The van der Waals surface area contributed by atoms with Gasteiger partial charge >= 0.3 is 0 Å². The third-order valence-corrected chi connectivity index (χ3v) is 3.16. The maximum absolute atomic E-state index is 9.34. The normalized spacial score (nSPS) is 26.4. The number of hydrogen-bond acceptors (Lipinski definition) is 3. The second kappa shape index (κ2) is 5.10. The lowest BCUT2D eigenvalue weighted by Crippen LogP contribution is -2.58.